The van der Waals surface area contributed by atoms with Crippen LogP contribution in [-0.2, 0) is 0 Å². The van der Waals surface area contributed by atoms with Crippen molar-refractivity contribution in [1.29, 1.82) is 0 Å². The van der Waals surface area contributed by atoms with E-state index in [0.29, 0.717) is 5.95 Å². The van der Waals surface area contributed by atoms with E-state index in [4.69, 9.17) is 5.11 Å². The Hall–Kier alpha value is -1.20. The average Bonchev–Trinajstić information content (AvgIpc) is 2.17. The van der Waals surface area contributed by atoms with Crippen molar-refractivity contribution in [2.45, 2.75) is 12.5 Å². The molecule has 0 saturated heterocycles. The van der Waals surface area contributed by atoms with E-state index in [-0.39, 0.29) is 13.2 Å². The van der Waals surface area contributed by atoms with Crippen LogP contribution in [0.2, 0.25) is 0 Å². The molecular weight excluding hydrogens is 170 g/mol. The second-order valence-corrected chi connectivity index (χ2v) is 3.08. The third-order valence-corrected chi connectivity index (χ3v) is 1.53. The van der Waals surface area contributed by atoms with E-state index < -0.39 is 5.60 Å². The molecular formula is C8H13N3O2. The monoisotopic (exact) mass is 183 g/mol. The van der Waals surface area contributed by atoms with Gasteiger partial charge in [-0.3, -0.25) is 0 Å². The maximum Gasteiger partial charge on any atom is 0.222 e. The van der Waals surface area contributed by atoms with E-state index in [2.05, 4.69) is 15.3 Å². The molecule has 0 amide bonds. The summed E-state index contributed by atoms with van der Waals surface area (Å²) >= 11 is 0. The van der Waals surface area contributed by atoms with Gasteiger partial charge in [0, 0.05) is 18.9 Å². The standard InChI is InChI=1S/C8H13N3O2/c1-8(13,6-12)5-11-7-9-3-2-4-10-7/h2-4,12-13H,5-6H2,1H3,(H,9,10,11). The van der Waals surface area contributed by atoms with Crippen LogP contribution in [0.5, 0.6) is 0 Å². The number of rotatable bonds is 4. The lowest BCUT2D eigenvalue weighted by atomic mass is 10.1. The summed E-state index contributed by atoms with van der Waals surface area (Å²) in [6.07, 6.45) is 3.20. The van der Waals surface area contributed by atoms with Crippen molar-refractivity contribution in [3.8, 4) is 0 Å². The van der Waals surface area contributed by atoms with Gasteiger partial charge in [0.25, 0.3) is 0 Å². The lowest BCUT2D eigenvalue weighted by Crippen LogP contribution is -2.37. The highest BCUT2D eigenvalue weighted by Gasteiger charge is 2.18. The fraction of sp³-hybridized carbons (Fsp3) is 0.500. The van der Waals surface area contributed by atoms with Crippen molar-refractivity contribution in [3.05, 3.63) is 18.5 Å². The number of hydrogen-bond donors (Lipinski definition) is 3. The molecule has 0 saturated carbocycles. The average molecular weight is 183 g/mol. The number of aliphatic hydroxyl groups excluding tert-OH is 1. The molecule has 1 rings (SSSR count). The summed E-state index contributed by atoms with van der Waals surface area (Å²) in [7, 11) is 0. The quantitative estimate of drug-likeness (QED) is 0.593. The van der Waals surface area contributed by atoms with Gasteiger partial charge in [0.05, 0.1) is 6.61 Å². The fourth-order valence-corrected chi connectivity index (χ4v) is 0.716. The van der Waals surface area contributed by atoms with Gasteiger partial charge >= 0.3 is 0 Å². The first-order valence-electron chi connectivity index (χ1n) is 3.98. The smallest absolute Gasteiger partial charge is 0.222 e. The Labute approximate surface area is 76.5 Å². The highest BCUT2D eigenvalue weighted by Crippen LogP contribution is 2.02. The van der Waals surface area contributed by atoms with Crippen LogP contribution in [-0.4, -0.2) is 38.9 Å². The predicted molar refractivity (Wildman–Crippen MR) is 48.2 cm³/mol. The molecule has 3 N–H and O–H groups in total. The van der Waals surface area contributed by atoms with E-state index in [9.17, 15) is 5.11 Å². The van der Waals surface area contributed by atoms with E-state index in [1.807, 2.05) is 0 Å². The van der Waals surface area contributed by atoms with Crippen molar-refractivity contribution in [2.75, 3.05) is 18.5 Å². The normalized spacial score (nSPS) is 15.0. The summed E-state index contributed by atoms with van der Waals surface area (Å²) in [5.41, 5.74) is -1.14. The summed E-state index contributed by atoms with van der Waals surface area (Å²) in [5.74, 6) is 0.441. The minimum absolute atomic E-state index is 0.216. The number of hydrogen-bond acceptors (Lipinski definition) is 5. The molecule has 5 heteroatoms. The van der Waals surface area contributed by atoms with Crippen molar-refractivity contribution < 1.29 is 10.2 Å². The number of nitrogens with zero attached hydrogens (tertiary/aromatic N) is 2. The number of aromatic nitrogens is 2. The van der Waals surface area contributed by atoms with Crippen LogP contribution >= 0.6 is 0 Å². The third-order valence-electron chi connectivity index (χ3n) is 1.53. The van der Waals surface area contributed by atoms with Crippen LogP contribution in [0.1, 0.15) is 6.92 Å². The molecule has 1 unspecified atom stereocenters. The summed E-state index contributed by atoms with van der Waals surface area (Å²) in [5, 5.41) is 21.0. The maximum atomic E-state index is 9.42. The molecule has 1 aromatic rings. The maximum absolute atomic E-state index is 9.42. The first kappa shape index (κ1) is 9.88. The van der Waals surface area contributed by atoms with E-state index in [1.165, 1.54) is 6.92 Å². The first-order valence-corrected chi connectivity index (χ1v) is 3.98. The molecule has 0 bridgehead atoms. The predicted octanol–water partition coefficient (Wildman–Crippen LogP) is -0.368. The zero-order valence-electron chi connectivity index (χ0n) is 7.44. The van der Waals surface area contributed by atoms with E-state index >= 15 is 0 Å². The number of nitrogens with one attached hydrogen (secondary N) is 1. The number of anilines is 1. The van der Waals surface area contributed by atoms with Gasteiger partial charge < -0.3 is 15.5 Å². The summed E-state index contributed by atoms with van der Waals surface area (Å²) in [6, 6.07) is 1.70. The van der Waals surface area contributed by atoms with Gasteiger partial charge in [-0.1, -0.05) is 0 Å². The van der Waals surface area contributed by atoms with Crippen LogP contribution < -0.4 is 5.32 Å². The van der Waals surface area contributed by atoms with Crippen LogP contribution in [0.25, 0.3) is 0 Å². The second-order valence-electron chi connectivity index (χ2n) is 3.08. The Kier molecular flexibility index (Phi) is 3.16. The lowest BCUT2D eigenvalue weighted by molar-refractivity contribution is 0.0131. The Balaban J connectivity index is 2.44. The minimum atomic E-state index is -1.14. The summed E-state index contributed by atoms with van der Waals surface area (Å²) in [6.45, 7) is 1.45. The molecule has 1 atom stereocenters. The van der Waals surface area contributed by atoms with Crippen molar-refractivity contribution in [2.24, 2.45) is 0 Å². The van der Waals surface area contributed by atoms with Gasteiger partial charge in [-0.25, -0.2) is 9.97 Å². The molecule has 0 spiro atoms. The molecule has 5 nitrogen and oxygen atoms in total. The Morgan fingerprint density at radius 1 is 1.46 bits per heavy atom. The molecule has 1 heterocycles. The summed E-state index contributed by atoms with van der Waals surface area (Å²) in [4.78, 5) is 7.80. The van der Waals surface area contributed by atoms with Crippen LogP contribution in [0.15, 0.2) is 18.5 Å². The largest absolute Gasteiger partial charge is 0.393 e. The van der Waals surface area contributed by atoms with Gasteiger partial charge in [-0.15, -0.1) is 0 Å². The van der Waals surface area contributed by atoms with Gasteiger partial charge in [0.15, 0.2) is 0 Å². The van der Waals surface area contributed by atoms with E-state index in [0.717, 1.165) is 0 Å². The molecule has 0 aliphatic heterocycles. The van der Waals surface area contributed by atoms with Crippen molar-refractivity contribution in [1.82, 2.24) is 9.97 Å². The highest BCUT2D eigenvalue weighted by molar-refractivity contribution is 5.22. The number of aliphatic hydroxyl groups is 2. The molecule has 0 aromatic carbocycles. The van der Waals surface area contributed by atoms with Gasteiger partial charge in [-0.2, -0.15) is 0 Å². The topological polar surface area (TPSA) is 78.3 Å². The van der Waals surface area contributed by atoms with Crippen LogP contribution in [0.3, 0.4) is 0 Å². The molecule has 0 aliphatic rings. The molecule has 0 fully saturated rings. The highest BCUT2D eigenvalue weighted by atomic mass is 16.3. The molecule has 1 aromatic heterocycles. The van der Waals surface area contributed by atoms with E-state index in [1.54, 1.807) is 18.5 Å². The third kappa shape index (κ3) is 3.35. The summed E-state index contributed by atoms with van der Waals surface area (Å²) < 4.78 is 0. The minimum Gasteiger partial charge on any atom is -0.393 e. The Bertz CT molecular complexity index is 251. The fourth-order valence-electron chi connectivity index (χ4n) is 0.716. The van der Waals surface area contributed by atoms with Crippen LogP contribution in [0.4, 0.5) is 5.95 Å². The Morgan fingerprint density at radius 3 is 2.62 bits per heavy atom. The van der Waals surface area contributed by atoms with Crippen molar-refractivity contribution >= 4 is 5.95 Å². The zero-order chi connectivity index (χ0) is 9.73. The molecule has 72 valence electrons. The van der Waals surface area contributed by atoms with Crippen molar-refractivity contribution in [3.63, 3.8) is 0 Å². The van der Waals surface area contributed by atoms with Gasteiger partial charge in [-0.05, 0) is 13.0 Å². The second kappa shape index (κ2) is 4.15. The SMILES string of the molecule is CC(O)(CO)CNc1ncccn1. The van der Waals surface area contributed by atoms with Crippen LogP contribution in [0, 0.1) is 0 Å². The zero-order valence-corrected chi connectivity index (χ0v) is 7.44. The van der Waals surface area contributed by atoms with Gasteiger partial charge in [0.1, 0.15) is 5.60 Å². The molecule has 0 radical (unpaired) electrons. The Morgan fingerprint density at radius 2 is 2.08 bits per heavy atom. The molecule has 13 heavy (non-hydrogen) atoms. The van der Waals surface area contributed by atoms with Gasteiger partial charge in [0.2, 0.25) is 5.95 Å². The lowest BCUT2D eigenvalue weighted by Gasteiger charge is -2.20. The molecule has 0 aliphatic carbocycles. The first-order chi connectivity index (χ1) is 6.14.